The van der Waals surface area contributed by atoms with Crippen LogP contribution in [0, 0.1) is 5.92 Å². The van der Waals surface area contributed by atoms with Crippen molar-refractivity contribution in [2.75, 3.05) is 12.3 Å². The lowest BCUT2D eigenvalue weighted by Crippen LogP contribution is -2.53. The second-order valence-electron chi connectivity index (χ2n) is 6.13. The Morgan fingerprint density at radius 3 is 2.81 bits per heavy atom. The van der Waals surface area contributed by atoms with Crippen molar-refractivity contribution in [3.8, 4) is 0 Å². The average molecular weight is 288 g/mol. The first-order valence-electron chi connectivity index (χ1n) is 7.50. The molecule has 21 heavy (non-hydrogen) atoms. The van der Waals surface area contributed by atoms with Gasteiger partial charge in [0.25, 0.3) is 0 Å². The number of nitrogen functional groups attached to an aromatic ring is 1. The van der Waals surface area contributed by atoms with Crippen LogP contribution in [-0.4, -0.2) is 23.2 Å². The van der Waals surface area contributed by atoms with Crippen molar-refractivity contribution in [2.45, 2.75) is 38.1 Å². The van der Waals surface area contributed by atoms with Gasteiger partial charge in [0.05, 0.1) is 12.1 Å². The Morgan fingerprint density at radius 2 is 2.19 bits per heavy atom. The van der Waals surface area contributed by atoms with E-state index in [1.165, 1.54) is 12.5 Å². The molecule has 1 fully saturated rings. The van der Waals surface area contributed by atoms with Crippen molar-refractivity contribution in [2.24, 2.45) is 5.92 Å². The third-order valence-corrected chi connectivity index (χ3v) is 4.15. The fourth-order valence-electron chi connectivity index (χ4n) is 3.04. The molecule has 1 aliphatic rings. The normalized spacial score (nSPS) is 25.9. The summed E-state index contributed by atoms with van der Waals surface area (Å²) in [6, 6.07) is 7.33. The van der Waals surface area contributed by atoms with E-state index in [1.54, 1.807) is 18.2 Å². The van der Waals surface area contributed by atoms with Crippen molar-refractivity contribution in [3.63, 3.8) is 0 Å². The van der Waals surface area contributed by atoms with Gasteiger partial charge in [-0.2, -0.15) is 0 Å². The van der Waals surface area contributed by atoms with Gasteiger partial charge in [-0.05, 0) is 42.5 Å². The average Bonchev–Trinajstić information content (AvgIpc) is 2.46. The van der Waals surface area contributed by atoms with Crippen molar-refractivity contribution in [1.82, 2.24) is 5.32 Å². The summed E-state index contributed by atoms with van der Waals surface area (Å²) in [5.41, 5.74) is 6.79. The monoisotopic (exact) mass is 288 g/mol. The van der Waals surface area contributed by atoms with Gasteiger partial charge in [0.15, 0.2) is 0 Å². The highest BCUT2D eigenvalue weighted by molar-refractivity contribution is 5.92. The highest BCUT2D eigenvalue weighted by Gasteiger charge is 2.35. The minimum atomic E-state index is -0.458. The molecule has 1 aliphatic carbocycles. The van der Waals surface area contributed by atoms with Crippen LogP contribution in [0.2, 0.25) is 0 Å². The first-order chi connectivity index (χ1) is 10.0. The molecule has 1 aromatic carbocycles. The van der Waals surface area contributed by atoms with Crippen molar-refractivity contribution in [3.05, 3.63) is 35.9 Å². The number of aliphatic hydroxyl groups is 1. The smallest absolute Gasteiger partial charge is 0.244 e. The molecule has 4 N–H and O–H groups in total. The number of benzene rings is 1. The summed E-state index contributed by atoms with van der Waals surface area (Å²) >= 11 is 0. The fourth-order valence-corrected chi connectivity index (χ4v) is 3.04. The number of anilines is 1. The molecule has 1 saturated carbocycles. The van der Waals surface area contributed by atoms with Crippen LogP contribution in [0.5, 0.6) is 0 Å². The van der Waals surface area contributed by atoms with Crippen molar-refractivity contribution < 1.29 is 9.90 Å². The van der Waals surface area contributed by atoms with Crippen molar-refractivity contribution >= 4 is 17.7 Å². The summed E-state index contributed by atoms with van der Waals surface area (Å²) in [5.74, 6) is 0.377. The molecule has 2 unspecified atom stereocenters. The van der Waals surface area contributed by atoms with Crippen molar-refractivity contribution in [1.29, 1.82) is 0 Å². The van der Waals surface area contributed by atoms with Crippen LogP contribution < -0.4 is 11.1 Å². The SMILES string of the molecule is CC1CCCC(CO)(NC(=O)/C=C/c2ccc(N)cc2)C1. The molecule has 0 spiro atoms. The van der Waals surface area contributed by atoms with Crippen LogP contribution in [0.4, 0.5) is 5.69 Å². The zero-order valence-corrected chi connectivity index (χ0v) is 12.5. The summed E-state index contributed by atoms with van der Waals surface area (Å²) in [5, 5.41) is 12.7. The molecule has 2 rings (SSSR count). The highest BCUT2D eigenvalue weighted by atomic mass is 16.3. The topological polar surface area (TPSA) is 75.3 Å². The maximum atomic E-state index is 12.1. The zero-order valence-electron chi connectivity index (χ0n) is 12.5. The summed E-state index contributed by atoms with van der Waals surface area (Å²) < 4.78 is 0. The Kier molecular flexibility index (Phi) is 5.02. The Hall–Kier alpha value is -1.81. The number of carbonyl (C=O) groups is 1. The summed E-state index contributed by atoms with van der Waals surface area (Å²) in [6.45, 7) is 2.17. The van der Waals surface area contributed by atoms with E-state index in [9.17, 15) is 9.90 Å². The van der Waals surface area contributed by atoms with Gasteiger partial charge in [0.1, 0.15) is 0 Å². The Bertz CT molecular complexity index is 510. The van der Waals surface area contributed by atoms with Gasteiger partial charge in [0.2, 0.25) is 5.91 Å². The lowest BCUT2D eigenvalue weighted by atomic mass is 9.77. The maximum absolute atomic E-state index is 12.1. The number of nitrogens with one attached hydrogen (secondary N) is 1. The predicted octanol–water partition coefficient (Wildman–Crippen LogP) is 2.34. The lowest BCUT2D eigenvalue weighted by molar-refractivity contribution is -0.119. The first-order valence-corrected chi connectivity index (χ1v) is 7.50. The molecule has 0 radical (unpaired) electrons. The molecule has 114 valence electrons. The molecule has 0 heterocycles. The molecule has 4 nitrogen and oxygen atoms in total. The van der Waals surface area contributed by atoms with E-state index in [1.807, 2.05) is 12.1 Å². The number of aliphatic hydroxyl groups excluding tert-OH is 1. The fraction of sp³-hybridized carbons (Fsp3) is 0.471. The quantitative estimate of drug-likeness (QED) is 0.588. The standard InChI is InChI=1S/C17H24N2O2/c1-13-3-2-10-17(11-13,12-20)19-16(21)9-6-14-4-7-15(18)8-5-14/h4-9,13,20H,2-3,10-12,18H2,1H3,(H,19,21)/b9-6+. The number of nitrogens with two attached hydrogens (primary N) is 1. The maximum Gasteiger partial charge on any atom is 0.244 e. The molecule has 0 saturated heterocycles. The summed E-state index contributed by atoms with van der Waals surface area (Å²) in [6.07, 6.45) is 7.16. The van der Waals surface area contributed by atoms with Crippen LogP contribution in [0.15, 0.2) is 30.3 Å². The summed E-state index contributed by atoms with van der Waals surface area (Å²) in [4.78, 5) is 12.1. The third-order valence-electron chi connectivity index (χ3n) is 4.15. The highest BCUT2D eigenvalue weighted by Crippen LogP contribution is 2.31. The van der Waals surface area contributed by atoms with Gasteiger partial charge in [-0.25, -0.2) is 0 Å². The Morgan fingerprint density at radius 1 is 1.48 bits per heavy atom. The van der Waals surface area contributed by atoms with Gasteiger partial charge in [-0.15, -0.1) is 0 Å². The molecule has 2 atom stereocenters. The van der Waals surface area contributed by atoms with E-state index < -0.39 is 5.54 Å². The summed E-state index contributed by atoms with van der Waals surface area (Å²) in [7, 11) is 0. The molecular weight excluding hydrogens is 264 g/mol. The number of carbonyl (C=O) groups excluding carboxylic acids is 1. The van der Waals surface area contributed by atoms with Gasteiger partial charge in [0, 0.05) is 11.8 Å². The number of amides is 1. The molecule has 4 heteroatoms. The van der Waals surface area contributed by atoms with E-state index in [0.29, 0.717) is 11.6 Å². The molecule has 1 aromatic rings. The second kappa shape index (κ2) is 6.76. The largest absolute Gasteiger partial charge is 0.399 e. The Labute approximate surface area is 126 Å². The van der Waals surface area contributed by atoms with E-state index >= 15 is 0 Å². The van der Waals surface area contributed by atoms with E-state index in [4.69, 9.17) is 5.73 Å². The second-order valence-corrected chi connectivity index (χ2v) is 6.13. The molecule has 0 aromatic heterocycles. The predicted molar refractivity (Wildman–Crippen MR) is 85.5 cm³/mol. The van der Waals surface area contributed by atoms with E-state index in [-0.39, 0.29) is 12.5 Å². The zero-order chi connectivity index (χ0) is 15.3. The minimum absolute atomic E-state index is 0.00120. The van der Waals surface area contributed by atoms with E-state index in [0.717, 1.165) is 24.8 Å². The first kappa shape index (κ1) is 15.6. The van der Waals surface area contributed by atoms with Crippen LogP contribution in [-0.2, 0) is 4.79 Å². The van der Waals surface area contributed by atoms with Crippen LogP contribution in [0.25, 0.3) is 6.08 Å². The molecular formula is C17H24N2O2. The lowest BCUT2D eigenvalue weighted by Gasteiger charge is -2.39. The van der Waals surface area contributed by atoms with Crippen LogP contribution in [0.3, 0.4) is 0 Å². The number of hydrogen-bond donors (Lipinski definition) is 3. The van der Waals surface area contributed by atoms with E-state index in [2.05, 4.69) is 12.2 Å². The number of rotatable bonds is 4. The molecule has 0 bridgehead atoms. The number of hydrogen-bond acceptors (Lipinski definition) is 3. The van der Waals surface area contributed by atoms with Gasteiger partial charge in [-0.3, -0.25) is 4.79 Å². The van der Waals surface area contributed by atoms with Crippen LogP contribution >= 0.6 is 0 Å². The van der Waals surface area contributed by atoms with Gasteiger partial charge < -0.3 is 16.2 Å². The van der Waals surface area contributed by atoms with Gasteiger partial charge in [-0.1, -0.05) is 31.9 Å². The molecule has 0 aliphatic heterocycles. The minimum Gasteiger partial charge on any atom is -0.399 e. The van der Waals surface area contributed by atoms with Gasteiger partial charge >= 0.3 is 0 Å². The third kappa shape index (κ3) is 4.33. The van der Waals surface area contributed by atoms with Crippen LogP contribution in [0.1, 0.15) is 38.2 Å². The molecule has 1 amide bonds. The Balaban J connectivity index is 1.98.